The van der Waals surface area contributed by atoms with Crippen molar-refractivity contribution in [3.8, 4) is 0 Å². The summed E-state index contributed by atoms with van der Waals surface area (Å²) in [4.78, 5) is 10.9. The van der Waals surface area contributed by atoms with Crippen molar-refractivity contribution in [1.29, 1.82) is 0 Å². The van der Waals surface area contributed by atoms with E-state index in [1.54, 1.807) is 13.8 Å². The van der Waals surface area contributed by atoms with Gasteiger partial charge in [-0.3, -0.25) is 0 Å². The van der Waals surface area contributed by atoms with Crippen molar-refractivity contribution in [2.24, 2.45) is 0 Å². The molecular formula is C14H14F3NO3. The van der Waals surface area contributed by atoms with Crippen molar-refractivity contribution in [1.82, 2.24) is 4.57 Å². The maximum atomic E-state index is 13.1. The molecule has 1 unspecified atom stereocenters. The number of alkyl halides is 3. The second-order valence-electron chi connectivity index (χ2n) is 5.01. The van der Waals surface area contributed by atoms with Gasteiger partial charge in [0, 0.05) is 11.4 Å². The molecule has 0 aliphatic heterocycles. The van der Waals surface area contributed by atoms with Crippen molar-refractivity contribution in [3.05, 3.63) is 35.5 Å². The molecule has 1 atom stereocenters. The zero-order valence-electron chi connectivity index (χ0n) is 11.3. The summed E-state index contributed by atoms with van der Waals surface area (Å²) in [7, 11) is 0. The number of carboxylic acids is 1. The van der Waals surface area contributed by atoms with Gasteiger partial charge in [-0.2, -0.15) is 13.2 Å². The van der Waals surface area contributed by atoms with Crippen LogP contribution in [0.2, 0.25) is 0 Å². The Balaban J connectivity index is 2.86. The Labute approximate surface area is 118 Å². The predicted octanol–water partition coefficient (Wildman–Crippen LogP) is 3.36. The van der Waals surface area contributed by atoms with Gasteiger partial charge in [-0.25, -0.2) is 4.79 Å². The van der Waals surface area contributed by atoms with Crippen molar-refractivity contribution < 1.29 is 28.2 Å². The first-order valence-electron chi connectivity index (χ1n) is 6.26. The van der Waals surface area contributed by atoms with E-state index in [-0.39, 0.29) is 16.6 Å². The zero-order valence-corrected chi connectivity index (χ0v) is 11.3. The highest BCUT2D eigenvalue weighted by Crippen LogP contribution is 2.38. The highest BCUT2D eigenvalue weighted by atomic mass is 19.4. The standard InChI is InChI=1S/C14H14F3NO3/c1-7(2)18-10(12(19)13(20)21)6-8-4-3-5-9(11(8)18)14(15,16)17/h3-7,12,19H,1-2H3,(H,20,21). The van der Waals surface area contributed by atoms with Gasteiger partial charge in [0.2, 0.25) is 0 Å². The SMILES string of the molecule is CC(C)n1c(C(O)C(=O)O)cc2cccc(C(F)(F)F)c21. The summed E-state index contributed by atoms with van der Waals surface area (Å²) in [6, 6.07) is 4.51. The minimum atomic E-state index is -4.56. The van der Waals surface area contributed by atoms with Gasteiger partial charge in [-0.15, -0.1) is 0 Å². The molecule has 0 spiro atoms. The normalized spacial score (nSPS) is 13.9. The molecule has 0 amide bonds. The third-order valence-electron chi connectivity index (χ3n) is 3.23. The monoisotopic (exact) mass is 301 g/mol. The number of rotatable bonds is 3. The lowest BCUT2D eigenvalue weighted by Gasteiger charge is -2.19. The van der Waals surface area contributed by atoms with Gasteiger partial charge in [0.1, 0.15) is 0 Å². The van der Waals surface area contributed by atoms with E-state index in [9.17, 15) is 23.1 Å². The smallest absolute Gasteiger partial charge is 0.418 e. The number of aromatic nitrogens is 1. The minimum absolute atomic E-state index is 0.0656. The number of carbonyl (C=O) groups is 1. The molecule has 1 heterocycles. The van der Waals surface area contributed by atoms with E-state index in [0.29, 0.717) is 0 Å². The van der Waals surface area contributed by atoms with Crippen molar-refractivity contribution >= 4 is 16.9 Å². The van der Waals surface area contributed by atoms with Crippen LogP contribution in [-0.4, -0.2) is 20.7 Å². The number of fused-ring (bicyclic) bond motifs is 1. The molecule has 0 bridgehead atoms. The Bertz CT molecular complexity index is 689. The molecule has 0 fully saturated rings. The summed E-state index contributed by atoms with van der Waals surface area (Å²) in [5.74, 6) is -1.51. The molecule has 1 aromatic carbocycles. The van der Waals surface area contributed by atoms with Crippen molar-refractivity contribution in [2.75, 3.05) is 0 Å². The average molecular weight is 301 g/mol. The van der Waals surface area contributed by atoms with E-state index in [1.165, 1.54) is 22.8 Å². The summed E-state index contributed by atoms with van der Waals surface area (Å²) < 4.78 is 40.6. The molecule has 2 rings (SSSR count). The number of benzene rings is 1. The summed E-state index contributed by atoms with van der Waals surface area (Å²) in [6.45, 7) is 3.26. The van der Waals surface area contributed by atoms with Crippen LogP contribution in [0.3, 0.4) is 0 Å². The number of aliphatic hydroxyl groups is 1. The van der Waals surface area contributed by atoms with Crippen molar-refractivity contribution in [2.45, 2.75) is 32.2 Å². The molecule has 0 saturated carbocycles. The van der Waals surface area contributed by atoms with Crippen LogP contribution in [0.25, 0.3) is 10.9 Å². The van der Waals surface area contributed by atoms with Gasteiger partial charge in [0.25, 0.3) is 0 Å². The van der Waals surface area contributed by atoms with Gasteiger partial charge in [-0.1, -0.05) is 12.1 Å². The summed E-state index contributed by atoms with van der Waals surface area (Å²) in [5.41, 5.74) is -1.03. The molecular weight excluding hydrogens is 287 g/mol. The molecule has 1 aromatic heterocycles. The molecule has 21 heavy (non-hydrogen) atoms. The largest absolute Gasteiger partial charge is 0.479 e. The van der Waals surface area contributed by atoms with Crippen LogP contribution in [0.4, 0.5) is 13.2 Å². The Morgan fingerprint density at radius 1 is 1.29 bits per heavy atom. The van der Waals surface area contributed by atoms with Crippen LogP contribution >= 0.6 is 0 Å². The second-order valence-corrected chi connectivity index (χ2v) is 5.01. The number of hydrogen-bond acceptors (Lipinski definition) is 2. The first-order chi connectivity index (χ1) is 9.64. The van der Waals surface area contributed by atoms with Crippen molar-refractivity contribution in [3.63, 3.8) is 0 Å². The van der Waals surface area contributed by atoms with Gasteiger partial charge in [-0.05, 0) is 26.0 Å². The molecule has 2 N–H and O–H groups in total. The van der Waals surface area contributed by atoms with E-state index >= 15 is 0 Å². The number of aliphatic carboxylic acids is 1. The first-order valence-corrected chi connectivity index (χ1v) is 6.26. The fraction of sp³-hybridized carbons (Fsp3) is 0.357. The molecule has 7 heteroatoms. The summed E-state index contributed by atoms with van der Waals surface area (Å²) in [5, 5.41) is 18.9. The van der Waals surface area contributed by atoms with Gasteiger partial charge in [0.05, 0.1) is 16.8 Å². The van der Waals surface area contributed by atoms with E-state index in [2.05, 4.69) is 0 Å². The van der Waals surface area contributed by atoms with Crippen LogP contribution in [0, 0.1) is 0 Å². The Kier molecular flexibility index (Phi) is 3.71. The van der Waals surface area contributed by atoms with Crippen LogP contribution in [-0.2, 0) is 11.0 Å². The van der Waals surface area contributed by atoms with E-state index in [0.717, 1.165) is 6.07 Å². The molecule has 0 aliphatic carbocycles. The Morgan fingerprint density at radius 3 is 2.38 bits per heavy atom. The fourth-order valence-electron chi connectivity index (χ4n) is 2.43. The van der Waals surface area contributed by atoms with Crippen LogP contribution in [0.5, 0.6) is 0 Å². The second kappa shape index (κ2) is 5.07. The van der Waals surface area contributed by atoms with E-state index < -0.39 is 29.9 Å². The fourth-order valence-corrected chi connectivity index (χ4v) is 2.43. The summed E-state index contributed by atoms with van der Waals surface area (Å²) >= 11 is 0. The van der Waals surface area contributed by atoms with Gasteiger partial charge >= 0.3 is 12.1 Å². The highest BCUT2D eigenvalue weighted by molar-refractivity contribution is 5.87. The number of halogens is 3. The summed E-state index contributed by atoms with van der Waals surface area (Å²) in [6.07, 6.45) is -6.43. The number of carboxylic acid groups (broad SMARTS) is 1. The van der Waals surface area contributed by atoms with E-state index in [1.807, 2.05) is 0 Å². The predicted molar refractivity (Wildman–Crippen MR) is 69.9 cm³/mol. The highest BCUT2D eigenvalue weighted by Gasteiger charge is 2.35. The maximum Gasteiger partial charge on any atom is 0.418 e. The molecule has 4 nitrogen and oxygen atoms in total. The zero-order chi connectivity index (χ0) is 15.9. The van der Waals surface area contributed by atoms with Gasteiger partial charge in [0.15, 0.2) is 6.10 Å². The maximum absolute atomic E-state index is 13.1. The number of aliphatic hydroxyl groups excluding tert-OH is 1. The average Bonchev–Trinajstić information content (AvgIpc) is 2.75. The number of para-hydroxylation sites is 1. The molecule has 0 saturated heterocycles. The number of nitrogens with zero attached hydrogens (tertiary/aromatic N) is 1. The van der Waals surface area contributed by atoms with Gasteiger partial charge < -0.3 is 14.8 Å². The lowest BCUT2D eigenvalue weighted by molar-refractivity contribution is -0.147. The Morgan fingerprint density at radius 2 is 1.90 bits per heavy atom. The lowest BCUT2D eigenvalue weighted by Crippen LogP contribution is -2.18. The third-order valence-corrected chi connectivity index (χ3v) is 3.23. The molecule has 2 aromatic rings. The lowest BCUT2D eigenvalue weighted by atomic mass is 10.1. The molecule has 0 aliphatic rings. The quantitative estimate of drug-likeness (QED) is 0.913. The third kappa shape index (κ3) is 2.61. The first kappa shape index (κ1) is 15.4. The molecule has 114 valence electrons. The van der Waals surface area contributed by atoms with Crippen LogP contribution in [0.1, 0.15) is 37.3 Å². The van der Waals surface area contributed by atoms with Crippen LogP contribution < -0.4 is 0 Å². The number of hydrogen-bond donors (Lipinski definition) is 2. The minimum Gasteiger partial charge on any atom is -0.479 e. The topological polar surface area (TPSA) is 62.5 Å². The Hall–Kier alpha value is -2.02. The van der Waals surface area contributed by atoms with Crippen LogP contribution in [0.15, 0.2) is 24.3 Å². The molecule has 0 radical (unpaired) electrons. The van der Waals surface area contributed by atoms with E-state index in [4.69, 9.17) is 5.11 Å².